The van der Waals surface area contributed by atoms with E-state index in [1.807, 2.05) is 19.4 Å². The minimum absolute atomic E-state index is 0.571. The lowest BCUT2D eigenvalue weighted by Crippen LogP contribution is -2.22. The van der Waals surface area contributed by atoms with Gasteiger partial charge in [-0.25, -0.2) is 4.98 Å². The Labute approximate surface area is 80.2 Å². The number of hydrogen-bond acceptors (Lipinski definition) is 2. The topological polar surface area (TPSA) is 29.9 Å². The first-order valence-corrected chi connectivity index (χ1v) is 4.95. The Bertz CT molecular complexity index is 242. The van der Waals surface area contributed by atoms with Crippen molar-refractivity contribution in [1.29, 1.82) is 0 Å². The van der Waals surface area contributed by atoms with E-state index < -0.39 is 0 Å². The number of aryl methyl sites for hydroxylation is 2. The fourth-order valence-corrected chi connectivity index (χ4v) is 1.35. The maximum atomic E-state index is 4.33. The van der Waals surface area contributed by atoms with Crippen molar-refractivity contribution >= 4 is 0 Å². The van der Waals surface area contributed by atoms with Crippen LogP contribution >= 0.6 is 0 Å². The van der Waals surface area contributed by atoms with Crippen molar-refractivity contribution in [3.63, 3.8) is 0 Å². The molecule has 0 aliphatic carbocycles. The predicted octanol–water partition coefficient (Wildman–Crippen LogP) is 1.44. The molecule has 1 heterocycles. The average molecular weight is 181 g/mol. The van der Waals surface area contributed by atoms with Gasteiger partial charge in [0.2, 0.25) is 0 Å². The van der Waals surface area contributed by atoms with Crippen LogP contribution in [0.2, 0.25) is 0 Å². The zero-order valence-electron chi connectivity index (χ0n) is 8.75. The minimum Gasteiger partial charge on any atom is -0.335 e. The fourth-order valence-electron chi connectivity index (χ4n) is 1.35. The third-order valence-corrected chi connectivity index (χ3v) is 2.44. The van der Waals surface area contributed by atoms with Crippen LogP contribution in [-0.4, -0.2) is 22.6 Å². The van der Waals surface area contributed by atoms with Gasteiger partial charge in [0.15, 0.2) is 0 Å². The highest BCUT2D eigenvalue weighted by Gasteiger charge is 2.03. The standard InChI is InChI=1S/C10H19N3/c1-4-13-8-7-12-10(13)6-5-9(2)11-3/h7-9,11H,4-6H2,1-3H3. The maximum Gasteiger partial charge on any atom is 0.108 e. The highest BCUT2D eigenvalue weighted by Crippen LogP contribution is 2.03. The lowest BCUT2D eigenvalue weighted by Gasteiger charge is -2.09. The van der Waals surface area contributed by atoms with Crippen LogP contribution in [0.3, 0.4) is 0 Å². The highest BCUT2D eigenvalue weighted by atomic mass is 15.0. The molecule has 1 atom stereocenters. The van der Waals surface area contributed by atoms with Crippen molar-refractivity contribution in [2.24, 2.45) is 0 Å². The van der Waals surface area contributed by atoms with Crippen LogP contribution in [0.25, 0.3) is 0 Å². The molecule has 0 bridgehead atoms. The molecular weight excluding hydrogens is 162 g/mol. The summed E-state index contributed by atoms with van der Waals surface area (Å²) in [4.78, 5) is 4.33. The van der Waals surface area contributed by atoms with Gasteiger partial charge < -0.3 is 9.88 Å². The number of imidazole rings is 1. The molecular formula is C10H19N3. The third-order valence-electron chi connectivity index (χ3n) is 2.44. The van der Waals surface area contributed by atoms with Gasteiger partial charge in [0.05, 0.1) is 0 Å². The summed E-state index contributed by atoms with van der Waals surface area (Å²) in [5, 5.41) is 3.23. The summed E-state index contributed by atoms with van der Waals surface area (Å²) in [6, 6.07) is 0.571. The number of rotatable bonds is 5. The van der Waals surface area contributed by atoms with Crippen LogP contribution in [-0.2, 0) is 13.0 Å². The van der Waals surface area contributed by atoms with Gasteiger partial charge >= 0.3 is 0 Å². The zero-order valence-corrected chi connectivity index (χ0v) is 8.75. The molecule has 1 aromatic heterocycles. The van der Waals surface area contributed by atoms with Crippen LogP contribution in [0, 0.1) is 0 Å². The summed E-state index contributed by atoms with van der Waals surface area (Å²) in [5.41, 5.74) is 0. The van der Waals surface area contributed by atoms with Crippen molar-refractivity contribution in [1.82, 2.24) is 14.9 Å². The summed E-state index contributed by atoms with van der Waals surface area (Å²) >= 11 is 0. The molecule has 0 saturated carbocycles. The van der Waals surface area contributed by atoms with E-state index in [2.05, 4.69) is 28.7 Å². The second-order valence-electron chi connectivity index (χ2n) is 3.36. The Morgan fingerprint density at radius 3 is 3.00 bits per heavy atom. The van der Waals surface area contributed by atoms with E-state index in [0.29, 0.717) is 6.04 Å². The summed E-state index contributed by atoms with van der Waals surface area (Å²) in [6.07, 6.45) is 6.12. The van der Waals surface area contributed by atoms with Gasteiger partial charge in [-0.05, 0) is 27.3 Å². The highest BCUT2D eigenvalue weighted by molar-refractivity contribution is 4.92. The maximum absolute atomic E-state index is 4.33. The molecule has 74 valence electrons. The zero-order chi connectivity index (χ0) is 9.68. The van der Waals surface area contributed by atoms with Gasteiger partial charge in [-0.2, -0.15) is 0 Å². The first-order chi connectivity index (χ1) is 6.27. The molecule has 1 unspecified atom stereocenters. The number of nitrogens with one attached hydrogen (secondary N) is 1. The Kier molecular flexibility index (Phi) is 3.96. The van der Waals surface area contributed by atoms with E-state index in [-0.39, 0.29) is 0 Å². The first kappa shape index (κ1) is 10.3. The average Bonchev–Trinajstić information content (AvgIpc) is 2.61. The van der Waals surface area contributed by atoms with Crippen molar-refractivity contribution in [3.05, 3.63) is 18.2 Å². The molecule has 0 aromatic carbocycles. The molecule has 13 heavy (non-hydrogen) atoms. The molecule has 0 aliphatic heterocycles. The molecule has 0 spiro atoms. The van der Waals surface area contributed by atoms with Crippen LogP contribution in [0.4, 0.5) is 0 Å². The second-order valence-corrected chi connectivity index (χ2v) is 3.36. The normalized spacial score (nSPS) is 13.2. The molecule has 0 fully saturated rings. The number of aromatic nitrogens is 2. The van der Waals surface area contributed by atoms with Gasteiger partial charge in [-0.15, -0.1) is 0 Å². The Morgan fingerprint density at radius 1 is 1.62 bits per heavy atom. The van der Waals surface area contributed by atoms with E-state index in [9.17, 15) is 0 Å². The summed E-state index contributed by atoms with van der Waals surface area (Å²) in [5.74, 6) is 1.20. The second kappa shape index (κ2) is 5.02. The van der Waals surface area contributed by atoms with Gasteiger partial charge in [0.1, 0.15) is 5.82 Å². The Morgan fingerprint density at radius 2 is 2.38 bits per heavy atom. The van der Waals surface area contributed by atoms with Crippen LogP contribution in [0.15, 0.2) is 12.4 Å². The smallest absolute Gasteiger partial charge is 0.108 e. The fraction of sp³-hybridized carbons (Fsp3) is 0.700. The monoisotopic (exact) mass is 181 g/mol. The molecule has 0 amide bonds. The molecule has 0 aliphatic rings. The van der Waals surface area contributed by atoms with Crippen molar-refractivity contribution in [2.45, 2.75) is 39.3 Å². The molecule has 0 saturated heterocycles. The van der Waals surface area contributed by atoms with Gasteiger partial charge in [-0.3, -0.25) is 0 Å². The quantitative estimate of drug-likeness (QED) is 0.745. The Balaban J connectivity index is 2.44. The van der Waals surface area contributed by atoms with Gasteiger partial charge in [-0.1, -0.05) is 0 Å². The van der Waals surface area contributed by atoms with Crippen LogP contribution < -0.4 is 5.32 Å². The van der Waals surface area contributed by atoms with Crippen LogP contribution in [0.5, 0.6) is 0 Å². The predicted molar refractivity (Wildman–Crippen MR) is 54.7 cm³/mol. The van der Waals surface area contributed by atoms with Gasteiger partial charge in [0, 0.05) is 31.4 Å². The molecule has 1 aromatic rings. The van der Waals surface area contributed by atoms with E-state index >= 15 is 0 Å². The molecule has 3 heteroatoms. The molecule has 1 rings (SSSR count). The lowest BCUT2D eigenvalue weighted by molar-refractivity contribution is 0.545. The SMILES string of the molecule is CCn1ccnc1CCC(C)NC. The third kappa shape index (κ3) is 2.84. The minimum atomic E-state index is 0.571. The summed E-state index contributed by atoms with van der Waals surface area (Å²) in [7, 11) is 2.00. The first-order valence-electron chi connectivity index (χ1n) is 4.95. The number of nitrogens with zero attached hydrogens (tertiary/aromatic N) is 2. The van der Waals surface area contributed by atoms with E-state index in [0.717, 1.165) is 19.4 Å². The van der Waals surface area contributed by atoms with E-state index in [1.165, 1.54) is 5.82 Å². The van der Waals surface area contributed by atoms with E-state index in [1.54, 1.807) is 0 Å². The van der Waals surface area contributed by atoms with E-state index in [4.69, 9.17) is 0 Å². The number of hydrogen-bond donors (Lipinski definition) is 1. The van der Waals surface area contributed by atoms with Gasteiger partial charge in [0.25, 0.3) is 0 Å². The van der Waals surface area contributed by atoms with Crippen molar-refractivity contribution in [3.8, 4) is 0 Å². The summed E-state index contributed by atoms with van der Waals surface area (Å²) in [6.45, 7) is 5.36. The molecule has 3 nitrogen and oxygen atoms in total. The van der Waals surface area contributed by atoms with Crippen molar-refractivity contribution in [2.75, 3.05) is 7.05 Å². The lowest BCUT2D eigenvalue weighted by atomic mass is 10.2. The molecule has 1 N–H and O–H groups in total. The summed E-state index contributed by atoms with van der Waals surface area (Å²) < 4.78 is 2.20. The van der Waals surface area contributed by atoms with Crippen LogP contribution in [0.1, 0.15) is 26.1 Å². The molecule has 0 radical (unpaired) electrons. The van der Waals surface area contributed by atoms with Crippen molar-refractivity contribution < 1.29 is 0 Å². The Hall–Kier alpha value is -0.830. The largest absolute Gasteiger partial charge is 0.335 e.